The third kappa shape index (κ3) is 3.79. The molecule has 1 aromatic heterocycles. The zero-order valence-corrected chi connectivity index (χ0v) is 17.2. The van der Waals surface area contributed by atoms with E-state index in [1.165, 1.54) is 11.8 Å². The molecule has 1 aliphatic heterocycles. The molecule has 2 heterocycles. The first-order valence-corrected chi connectivity index (χ1v) is 9.76. The van der Waals surface area contributed by atoms with E-state index in [2.05, 4.69) is 36.9 Å². The van der Waals surface area contributed by atoms with E-state index in [1.807, 2.05) is 19.1 Å². The van der Waals surface area contributed by atoms with Crippen LogP contribution in [0.4, 0.5) is 5.69 Å². The lowest BCUT2D eigenvalue weighted by atomic mass is 10.3. The number of hydrogen-bond donors (Lipinski definition) is 0. The second-order valence-electron chi connectivity index (χ2n) is 4.80. The zero-order chi connectivity index (χ0) is 17.3. The van der Waals surface area contributed by atoms with Crippen LogP contribution in [0.3, 0.4) is 0 Å². The lowest BCUT2D eigenvalue weighted by molar-refractivity contribution is -0.122. The highest BCUT2D eigenvalue weighted by atomic mass is 79.9. The van der Waals surface area contributed by atoms with Gasteiger partial charge in [-0.25, -0.2) is 4.99 Å². The molecule has 1 amide bonds. The molecule has 0 N–H and O–H groups in total. The Morgan fingerprint density at radius 1 is 1.33 bits per heavy atom. The molecule has 0 bridgehead atoms. The molecule has 4 nitrogen and oxygen atoms in total. The SMILES string of the molecule is CCN1C(=O)/C(=C/c2cc(Br)c(Br)o2)SC1=Nc1ccc(Cl)cc1. The van der Waals surface area contributed by atoms with Crippen LogP contribution < -0.4 is 0 Å². The Hall–Kier alpha value is -1.02. The predicted octanol–water partition coefficient (Wildman–Crippen LogP) is 6.08. The van der Waals surface area contributed by atoms with Crippen LogP contribution >= 0.6 is 55.2 Å². The maximum absolute atomic E-state index is 12.6. The van der Waals surface area contributed by atoms with E-state index in [1.54, 1.807) is 29.2 Å². The van der Waals surface area contributed by atoms with Crippen molar-refractivity contribution < 1.29 is 9.21 Å². The highest BCUT2D eigenvalue weighted by molar-refractivity contribution is 9.13. The van der Waals surface area contributed by atoms with Crippen molar-refractivity contribution in [2.45, 2.75) is 6.92 Å². The van der Waals surface area contributed by atoms with Crippen molar-refractivity contribution in [1.82, 2.24) is 4.90 Å². The highest BCUT2D eigenvalue weighted by Crippen LogP contribution is 2.36. The average molecular weight is 491 g/mol. The Morgan fingerprint density at radius 3 is 2.62 bits per heavy atom. The molecule has 1 saturated heterocycles. The lowest BCUT2D eigenvalue weighted by Crippen LogP contribution is -2.28. The van der Waals surface area contributed by atoms with Crippen LogP contribution in [0.25, 0.3) is 6.08 Å². The number of likely N-dealkylation sites (N-methyl/N-ethyl adjacent to an activating group) is 1. The second-order valence-corrected chi connectivity index (χ2v) is 7.82. The van der Waals surface area contributed by atoms with Gasteiger partial charge in [0.25, 0.3) is 5.91 Å². The Labute approximate surface area is 165 Å². The van der Waals surface area contributed by atoms with Crippen molar-refractivity contribution in [2.24, 2.45) is 4.99 Å². The highest BCUT2D eigenvalue weighted by Gasteiger charge is 2.32. The van der Waals surface area contributed by atoms with Gasteiger partial charge in [0.1, 0.15) is 5.76 Å². The first kappa shape index (κ1) is 17.8. The first-order chi connectivity index (χ1) is 11.5. The minimum atomic E-state index is -0.0844. The molecule has 0 radical (unpaired) electrons. The Kier molecular flexibility index (Phi) is 5.54. The molecule has 1 aromatic carbocycles. The number of amides is 1. The van der Waals surface area contributed by atoms with Gasteiger partial charge in [-0.2, -0.15) is 0 Å². The van der Waals surface area contributed by atoms with Crippen molar-refractivity contribution in [2.75, 3.05) is 6.54 Å². The summed E-state index contributed by atoms with van der Waals surface area (Å²) in [6.07, 6.45) is 1.72. The van der Waals surface area contributed by atoms with Gasteiger partial charge < -0.3 is 4.42 Å². The summed E-state index contributed by atoms with van der Waals surface area (Å²) in [5.74, 6) is 0.507. The molecule has 124 valence electrons. The molecule has 0 atom stereocenters. The third-order valence-electron chi connectivity index (χ3n) is 3.19. The first-order valence-electron chi connectivity index (χ1n) is 6.98. The summed E-state index contributed by atoms with van der Waals surface area (Å²) in [6, 6.07) is 8.98. The fourth-order valence-electron chi connectivity index (χ4n) is 2.06. The largest absolute Gasteiger partial charge is 0.449 e. The van der Waals surface area contributed by atoms with Crippen LogP contribution in [0.1, 0.15) is 12.7 Å². The summed E-state index contributed by atoms with van der Waals surface area (Å²) in [5.41, 5.74) is 0.748. The van der Waals surface area contributed by atoms with E-state index < -0.39 is 0 Å². The van der Waals surface area contributed by atoms with Crippen molar-refractivity contribution >= 4 is 78.1 Å². The van der Waals surface area contributed by atoms with Gasteiger partial charge in [-0.15, -0.1) is 0 Å². The molecule has 0 spiro atoms. The van der Waals surface area contributed by atoms with Gasteiger partial charge in [-0.1, -0.05) is 11.6 Å². The van der Waals surface area contributed by atoms with Crippen molar-refractivity contribution in [3.8, 4) is 0 Å². The van der Waals surface area contributed by atoms with Crippen LogP contribution in [0.2, 0.25) is 5.02 Å². The molecule has 24 heavy (non-hydrogen) atoms. The summed E-state index contributed by atoms with van der Waals surface area (Å²) < 4.78 is 6.90. The van der Waals surface area contributed by atoms with Gasteiger partial charge in [0.2, 0.25) is 0 Å². The summed E-state index contributed by atoms with van der Waals surface area (Å²) in [5, 5.41) is 1.29. The number of rotatable bonds is 3. The van der Waals surface area contributed by atoms with Gasteiger partial charge in [0.15, 0.2) is 9.84 Å². The number of halogens is 3. The normalized spacial score (nSPS) is 18.2. The summed E-state index contributed by atoms with van der Waals surface area (Å²) in [6.45, 7) is 2.46. The van der Waals surface area contributed by atoms with Gasteiger partial charge in [-0.05, 0) is 80.9 Å². The zero-order valence-electron chi connectivity index (χ0n) is 12.4. The van der Waals surface area contributed by atoms with E-state index in [-0.39, 0.29) is 5.91 Å². The number of carbonyl (C=O) groups excluding carboxylic acids is 1. The van der Waals surface area contributed by atoms with Gasteiger partial charge >= 0.3 is 0 Å². The number of amidine groups is 1. The number of furan rings is 1. The summed E-state index contributed by atoms with van der Waals surface area (Å²) in [4.78, 5) is 19.3. The maximum Gasteiger partial charge on any atom is 0.266 e. The molecule has 2 aromatic rings. The fraction of sp³-hybridized carbons (Fsp3) is 0.125. The molecule has 3 rings (SSSR count). The van der Waals surface area contributed by atoms with Crippen LogP contribution in [-0.4, -0.2) is 22.5 Å². The van der Waals surface area contributed by atoms with Crippen molar-refractivity contribution in [3.63, 3.8) is 0 Å². The third-order valence-corrected chi connectivity index (χ3v) is 6.16. The lowest BCUT2D eigenvalue weighted by Gasteiger charge is -2.11. The molecular formula is C16H11Br2ClN2O2S. The second kappa shape index (κ2) is 7.47. The molecule has 8 heteroatoms. The minimum absolute atomic E-state index is 0.0844. The monoisotopic (exact) mass is 488 g/mol. The number of nitrogens with zero attached hydrogens (tertiary/aromatic N) is 2. The Morgan fingerprint density at radius 2 is 2.04 bits per heavy atom. The molecule has 0 unspecified atom stereocenters. The minimum Gasteiger partial charge on any atom is -0.449 e. The van der Waals surface area contributed by atoms with Crippen LogP contribution in [0.5, 0.6) is 0 Å². The Bertz CT molecular complexity index is 827. The number of benzene rings is 1. The topological polar surface area (TPSA) is 45.8 Å². The van der Waals surface area contributed by atoms with E-state index >= 15 is 0 Å². The number of aliphatic imine (C=N–C) groups is 1. The molecule has 0 aliphatic carbocycles. The van der Waals surface area contributed by atoms with Gasteiger partial charge in [0, 0.05) is 17.6 Å². The molecule has 1 aliphatic rings. The average Bonchev–Trinajstić information content (AvgIpc) is 3.01. The van der Waals surface area contributed by atoms with Crippen LogP contribution in [0.15, 0.2) is 53.8 Å². The standard InChI is InChI=1S/C16H11Br2ClN2O2S/c1-2-21-15(22)13(8-11-7-12(17)14(18)23-11)24-16(21)20-10-5-3-9(19)4-6-10/h3-8H,2H2,1H3/b13-8-,20-16?. The maximum atomic E-state index is 12.6. The van der Waals surface area contributed by atoms with Crippen LogP contribution in [0, 0.1) is 0 Å². The molecule has 1 fully saturated rings. The van der Waals surface area contributed by atoms with E-state index in [0.717, 1.165) is 10.2 Å². The fourth-order valence-corrected chi connectivity index (χ4v) is 3.84. The smallest absolute Gasteiger partial charge is 0.266 e. The van der Waals surface area contributed by atoms with Gasteiger partial charge in [0.05, 0.1) is 15.1 Å². The van der Waals surface area contributed by atoms with E-state index in [4.69, 9.17) is 16.0 Å². The van der Waals surface area contributed by atoms with Gasteiger partial charge in [-0.3, -0.25) is 9.69 Å². The van der Waals surface area contributed by atoms with Crippen molar-refractivity contribution in [1.29, 1.82) is 0 Å². The summed E-state index contributed by atoms with van der Waals surface area (Å²) in [7, 11) is 0. The van der Waals surface area contributed by atoms with E-state index in [9.17, 15) is 4.79 Å². The Balaban J connectivity index is 1.92. The molecule has 0 saturated carbocycles. The quantitative estimate of drug-likeness (QED) is 0.490. The van der Waals surface area contributed by atoms with Crippen LogP contribution in [-0.2, 0) is 4.79 Å². The molecular weight excluding hydrogens is 480 g/mol. The number of hydrogen-bond acceptors (Lipinski definition) is 4. The van der Waals surface area contributed by atoms with Crippen molar-refractivity contribution in [3.05, 3.63) is 55.2 Å². The summed E-state index contributed by atoms with van der Waals surface area (Å²) >= 11 is 13.9. The number of carbonyl (C=O) groups is 1. The number of thioether (sulfide) groups is 1. The van der Waals surface area contributed by atoms with E-state index in [0.29, 0.717) is 32.1 Å². The predicted molar refractivity (Wildman–Crippen MR) is 106 cm³/mol.